The summed E-state index contributed by atoms with van der Waals surface area (Å²) < 4.78 is 0. The molecule has 56 valence electrons. The number of aliphatic hydroxyl groups is 1. The minimum atomic E-state index is -0.329. The van der Waals surface area contributed by atoms with Crippen molar-refractivity contribution in [1.29, 1.82) is 0 Å². The first-order valence-corrected chi connectivity index (χ1v) is 3.39. The van der Waals surface area contributed by atoms with Gasteiger partial charge in [0, 0.05) is 6.42 Å². The van der Waals surface area contributed by atoms with Crippen molar-refractivity contribution in [2.24, 2.45) is 0 Å². The zero-order valence-electron chi connectivity index (χ0n) is 6.65. The summed E-state index contributed by atoms with van der Waals surface area (Å²) >= 11 is 0. The monoisotopic (exact) mass is 138 g/mol. The lowest BCUT2D eigenvalue weighted by Gasteiger charge is -2.04. The Morgan fingerprint density at radius 1 is 1.70 bits per heavy atom. The Labute approximate surface area is 62.8 Å². The molecule has 10 heavy (non-hydrogen) atoms. The summed E-state index contributed by atoms with van der Waals surface area (Å²) in [5.41, 5.74) is 1.01. The topological polar surface area (TPSA) is 20.2 Å². The molecule has 0 aromatic carbocycles. The van der Waals surface area contributed by atoms with Crippen molar-refractivity contribution in [3.05, 3.63) is 12.2 Å². The normalized spacial score (nSPS) is 11.5. The van der Waals surface area contributed by atoms with Crippen molar-refractivity contribution in [3.8, 4) is 11.8 Å². The average molecular weight is 138 g/mol. The molecule has 0 heterocycles. The summed E-state index contributed by atoms with van der Waals surface area (Å²) in [6.45, 7) is 7.37. The van der Waals surface area contributed by atoms with E-state index < -0.39 is 0 Å². The van der Waals surface area contributed by atoms with E-state index in [2.05, 4.69) is 18.4 Å². The van der Waals surface area contributed by atoms with E-state index in [0.29, 0.717) is 12.8 Å². The second-order valence-corrected chi connectivity index (χ2v) is 2.45. The highest BCUT2D eigenvalue weighted by molar-refractivity contribution is 4.99. The van der Waals surface area contributed by atoms with Gasteiger partial charge in [0.1, 0.15) is 0 Å². The molecule has 0 spiro atoms. The van der Waals surface area contributed by atoms with Gasteiger partial charge in [-0.2, -0.15) is 0 Å². The molecule has 0 radical (unpaired) electrons. The Morgan fingerprint density at radius 2 is 2.30 bits per heavy atom. The molecule has 0 aromatic rings. The zero-order chi connectivity index (χ0) is 7.98. The molecule has 1 heteroatoms. The van der Waals surface area contributed by atoms with Crippen LogP contribution in [0.25, 0.3) is 0 Å². The first kappa shape index (κ1) is 9.26. The lowest BCUT2D eigenvalue weighted by molar-refractivity contribution is 0.180. The van der Waals surface area contributed by atoms with E-state index in [1.807, 2.05) is 6.92 Å². The van der Waals surface area contributed by atoms with Gasteiger partial charge in [0.25, 0.3) is 0 Å². The molecule has 0 aliphatic rings. The maximum absolute atomic E-state index is 9.19. The van der Waals surface area contributed by atoms with Crippen LogP contribution in [0.2, 0.25) is 0 Å². The lowest BCUT2D eigenvalue weighted by atomic mass is 10.1. The van der Waals surface area contributed by atoms with Crippen molar-refractivity contribution < 1.29 is 5.11 Å². The van der Waals surface area contributed by atoms with E-state index in [1.165, 1.54) is 0 Å². The summed E-state index contributed by atoms with van der Waals surface area (Å²) in [6, 6.07) is 0. The molecule has 0 saturated carbocycles. The van der Waals surface area contributed by atoms with Crippen LogP contribution in [0.3, 0.4) is 0 Å². The van der Waals surface area contributed by atoms with Crippen LogP contribution in [0.15, 0.2) is 12.2 Å². The van der Waals surface area contributed by atoms with Crippen molar-refractivity contribution in [3.63, 3.8) is 0 Å². The maximum Gasteiger partial charge on any atom is 0.0686 e. The molecule has 0 aliphatic heterocycles. The molecule has 1 nitrogen and oxygen atoms in total. The van der Waals surface area contributed by atoms with Crippen LogP contribution in [-0.2, 0) is 0 Å². The Morgan fingerprint density at radius 3 is 2.70 bits per heavy atom. The lowest BCUT2D eigenvalue weighted by Crippen LogP contribution is -2.04. The summed E-state index contributed by atoms with van der Waals surface area (Å²) in [6.07, 6.45) is 0.892. The van der Waals surface area contributed by atoms with E-state index in [9.17, 15) is 5.11 Å². The quantitative estimate of drug-likeness (QED) is 0.465. The number of hydrogen-bond acceptors (Lipinski definition) is 1. The molecule has 0 amide bonds. The van der Waals surface area contributed by atoms with Crippen LogP contribution in [0.4, 0.5) is 0 Å². The molecular formula is C9H14O. The van der Waals surface area contributed by atoms with E-state index in [4.69, 9.17) is 0 Å². The van der Waals surface area contributed by atoms with Gasteiger partial charge in [0.2, 0.25) is 0 Å². The van der Waals surface area contributed by atoms with Gasteiger partial charge in [-0.25, -0.2) is 0 Å². The van der Waals surface area contributed by atoms with Gasteiger partial charge in [-0.15, -0.1) is 18.4 Å². The molecule has 1 unspecified atom stereocenters. The molecule has 0 aromatic heterocycles. The predicted octanol–water partition coefficient (Wildman–Crippen LogP) is 1.73. The fourth-order valence-corrected chi connectivity index (χ4v) is 0.694. The second kappa shape index (κ2) is 5.08. The summed E-state index contributed by atoms with van der Waals surface area (Å²) in [5, 5.41) is 9.19. The third kappa shape index (κ3) is 5.40. The van der Waals surface area contributed by atoms with Crippen LogP contribution in [0.5, 0.6) is 0 Å². The van der Waals surface area contributed by atoms with Crippen LogP contribution < -0.4 is 0 Å². The highest BCUT2D eigenvalue weighted by Crippen LogP contribution is 2.03. The Balaban J connectivity index is 3.50. The molecule has 1 N–H and O–H groups in total. The van der Waals surface area contributed by atoms with Crippen molar-refractivity contribution >= 4 is 0 Å². The van der Waals surface area contributed by atoms with Gasteiger partial charge >= 0.3 is 0 Å². The highest BCUT2D eigenvalue weighted by Gasteiger charge is 1.99. The van der Waals surface area contributed by atoms with E-state index >= 15 is 0 Å². The van der Waals surface area contributed by atoms with Crippen LogP contribution in [0, 0.1) is 11.8 Å². The molecule has 0 bridgehead atoms. The van der Waals surface area contributed by atoms with Gasteiger partial charge < -0.3 is 5.11 Å². The second-order valence-electron chi connectivity index (χ2n) is 2.45. The van der Waals surface area contributed by atoms with Gasteiger partial charge in [0.15, 0.2) is 0 Å². The van der Waals surface area contributed by atoms with E-state index in [-0.39, 0.29) is 6.10 Å². The van der Waals surface area contributed by atoms with E-state index in [0.717, 1.165) is 5.57 Å². The SMILES string of the molecule is C=C(C)CC(O)CC#CC. The van der Waals surface area contributed by atoms with E-state index in [1.54, 1.807) is 6.92 Å². The zero-order valence-corrected chi connectivity index (χ0v) is 6.65. The number of hydrogen-bond donors (Lipinski definition) is 1. The Hall–Kier alpha value is -0.740. The third-order valence-corrected chi connectivity index (χ3v) is 1.10. The fourth-order valence-electron chi connectivity index (χ4n) is 0.694. The van der Waals surface area contributed by atoms with Gasteiger partial charge in [0.05, 0.1) is 6.10 Å². The maximum atomic E-state index is 9.19. The molecule has 0 aliphatic carbocycles. The first-order valence-electron chi connectivity index (χ1n) is 3.39. The molecule has 1 atom stereocenters. The smallest absolute Gasteiger partial charge is 0.0686 e. The van der Waals surface area contributed by atoms with Gasteiger partial charge in [-0.05, 0) is 20.3 Å². The molecule has 0 saturated heterocycles. The van der Waals surface area contributed by atoms with Crippen molar-refractivity contribution in [2.75, 3.05) is 0 Å². The van der Waals surface area contributed by atoms with Crippen molar-refractivity contribution in [1.82, 2.24) is 0 Å². The fraction of sp³-hybridized carbons (Fsp3) is 0.556. The minimum absolute atomic E-state index is 0.329. The molecule has 0 rings (SSSR count). The summed E-state index contributed by atoms with van der Waals surface area (Å²) in [5.74, 6) is 5.54. The minimum Gasteiger partial charge on any atom is -0.392 e. The standard InChI is InChI=1S/C9H14O/c1-4-5-6-9(10)7-8(2)3/h9-10H,2,6-7H2,1,3H3. The van der Waals surface area contributed by atoms with Crippen LogP contribution >= 0.6 is 0 Å². The first-order chi connectivity index (χ1) is 4.66. The van der Waals surface area contributed by atoms with Crippen LogP contribution in [-0.4, -0.2) is 11.2 Å². The van der Waals surface area contributed by atoms with Gasteiger partial charge in [-0.1, -0.05) is 5.57 Å². The van der Waals surface area contributed by atoms with Gasteiger partial charge in [-0.3, -0.25) is 0 Å². The molecular weight excluding hydrogens is 124 g/mol. The summed E-state index contributed by atoms with van der Waals surface area (Å²) in [7, 11) is 0. The molecule has 0 fully saturated rings. The average Bonchev–Trinajstić information content (AvgIpc) is 1.82. The number of rotatable bonds is 3. The summed E-state index contributed by atoms with van der Waals surface area (Å²) in [4.78, 5) is 0. The Bertz CT molecular complexity index is 159. The highest BCUT2D eigenvalue weighted by atomic mass is 16.3. The predicted molar refractivity (Wildman–Crippen MR) is 43.5 cm³/mol. The van der Waals surface area contributed by atoms with Crippen molar-refractivity contribution in [2.45, 2.75) is 32.8 Å². The third-order valence-electron chi connectivity index (χ3n) is 1.10. The Kier molecular flexibility index (Phi) is 4.70. The van der Waals surface area contributed by atoms with Crippen LogP contribution in [0.1, 0.15) is 26.7 Å². The number of aliphatic hydroxyl groups excluding tert-OH is 1. The largest absolute Gasteiger partial charge is 0.392 e.